The van der Waals surface area contributed by atoms with Gasteiger partial charge in [-0.3, -0.25) is 4.90 Å². The molecule has 2 aliphatic heterocycles. The molecule has 1 N–H and O–H groups in total. The second kappa shape index (κ2) is 6.47. The molecule has 3 rings (SSSR count). The smallest absolute Gasteiger partial charge is 0.0558 e. The third-order valence-electron chi connectivity index (χ3n) is 5.20. The lowest BCUT2D eigenvalue weighted by Crippen LogP contribution is -2.61. The molecule has 2 fully saturated rings. The van der Waals surface area contributed by atoms with Gasteiger partial charge in [0.15, 0.2) is 0 Å². The summed E-state index contributed by atoms with van der Waals surface area (Å²) in [5.74, 6) is 0.784. The maximum Gasteiger partial charge on any atom is 0.0558 e. The van der Waals surface area contributed by atoms with Crippen LogP contribution in [-0.4, -0.2) is 43.8 Å². The van der Waals surface area contributed by atoms with E-state index in [1.54, 1.807) is 0 Å². The van der Waals surface area contributed by atoms with Gasteiger partial charge in [-0.05, 0) is 38.2 Å². The van der Waals surface area contributed by atoms with Crippen LogP contribution >= 0.6 is 0 Å². The lowest BCUT2D eigenvalue weighted by atomic mass is 9.85. The first-order chi connectivity index (χ1) is 10.2. The molecule has 1 aromatic carbocycles. The van der Waals surface area contributed by atoms with Crippen LogP contribution in [0.3, 0.4) is 0 Å². The lowest BCUT2D eigenvalue weighted by Gasteiger charge is -2.49. The second-order valence-corrected chi connectivity index (χ2v) is 6.88. The predicted octanol–water partition coefficient (Wildman–Crippen LogP) is 2.62. The largest absolute Gasteiger partial charge is 0.381 e. The van der Waals surface area contributed by atoms with Crippen LogP contribution in [0, 0.1) is 5.92 Å². The van der Waals surface area contributed by atoms with E-state index in [0.717, 1.165) is 32.2 Å². The first-order valence-electron chi connectivity index (χ1n) is 8.30. The van der Waals surface area contributed by atoms with Crippen molar-refractivity contribution in [3.8, 4) is 0 Å². The van der Waals surface area contributed by atoms with Gasteiger partial charge in [-0.25, -0.2) is 0 Å². The molecular formula is C18H28N2O. The molecule has 0 amide bonds. The molecule has 0 bridgehead atoms. The number of benzene rings is 1. The highest BCUT2D eigenvalue weighted by atomic mass is 16.5. The number of nitrogens with one attached hydrogen (secondary N) is 1. The van der Waals surface area contributed by atoms with Crippen LogP contribution in [0.5, 0.6) is 0 Å². The molecule has 0 aliphatic carbocycles. The molecule has 3 heteroatoms. The average Bonchev–Trinajstić information content (AvgIpc) is 2.53. The standard InChI is InChI=1S/C18H28N2O/c1-15-12-20(13-16-8-10-21-11-9-16)18(2,14-19-15)17-6-4-3-5-7-17/h3-7,15-16,19H,8-14H2,1-2H3. The van der Waals surface area contributed by atoms with E-state index in [1.807, 2.05) is 0 Å². The number of piperazine rings is 1. The Morgan fingerprint density at radius 1 is 1.24 bits per heavy atom. The molecule has 1 aromatic rings. The van der Waals surface area contributed by atoms with Crippen LogP contribution < -0.4 is 5.32 Å². The third kappa shape index (κ3) is 3.31. The van der Waals surface area contributed by atoms with Gasteiger partial charge in [0.05, 0.1) is 5.54 Å². The molecular weight excluding hydrogens is 260 g/mol. The summed E-state index contributed by atoms with van der Waals surface area (Å²) >= 11 is 0. The first kappa shape index (κ1) is 15.0. The molecule has 0 aromatic heterocycles. The zero-order valence-electron chi connectivity index (χ0n) is 13.3. The minimum atomic E-state index is 0.103. The van der Waals surface area contributed by atoms with Crippen molar-refractivity contribution in [1.82, 2.24) is 10.2 Å². The first-order valence-corrected chi connectivity index (χ1v) is 8.30. The molecule has 3 nitrogen and oxygen atoms in total. The van der Waals surface area contributed by atoms with E-state index < -0.39 is 0 Å². The quantitative estimate of drug-likeness (QED) is 0.925. The summed E-state index contributed by atoms with van der Waals surface area (Å²) in [7, 11) is 0. The molecule has 0 saturated carbocycles. The van der Waals surface area contributed by atoms with Crippen LogP contribution in [0.2, 0.25) is 0 Å². The fraction of sp³-hybridized carbons (Fsp3) is 0.667. The van der Waals surface area contributed by atoms with Gasteiger partial charge in [-0.2, -0.15) is 0 Å². The highest BCUT2D eigenvalue weighted by Gasteiger charge is 2.38. The Kier molecular flexibility index (Phi) is 4.63. The number of nitrogens with zero attached hydrogens (tertiary/aromatic N) is 1. The summed E-state index contributed by atoms with van der Waals surface area (Å²) in [5, 5.41) is 3.67. The van der Waals surface area contributed by atoms with Gasteiger partial charge in [0.25, 0.3) is 0 Å². The van der Waals surface area contributed by atoms with Gasteiger partial charge in [-0.1, -0.05) is 30.3 Å². The van der Waals surface area contributed by atoms with Crippen molar-refractivity contribution in [3.05, 3.63) is 35.9 Å². The van der Waals surface area contributed by atoms with Crippen LogP contribution in [0.15, 0.2) is 30.3 Å². The van der Waals surface area contributed by atoms with Crippen molar-refractivity contribution in [3.63, 3.8) is 0 Å². The Morgan fingerprint density at radius 2 is 1.95 bits per heavy atom. The Bertz CT molecular complexity index is 444. The Balaban J connectivity index is 1.79. The molecule has 2 heterocycles. The van der Waals surface area contributed by atoms with E-state index in [1.165, 1.54) is 24.9 Å². The van der Waals surface area contributed by atoms with E-state index >= 15 is 0 Å². The molecule has 116 valence electrons. The van der Waals surface area contributed by atoms with Gasteiger partial charge in [0, 0.05) is 38.9 Å². The molecule has 2 unspecified atom stereocenters. The second-order valence-electron chi connectivity index (χ2n) is 6.88. The van der Waals surface area contributed by atoms with E-state index in [-0.39, 0.29) is 5.54 Å². The summed E-state index contributed by atoms with van der Waals surface area (Å²) in [5.41, 5.74) is 1.53. The van der Waals surface area contributed by atoms with Crippen molar-refractivity contribution in [1.29, 1.82) is 0 Å². The van der Waals surface area contributed by atoms with Gasteiger partial charge >= 0.3 is 0 Å². The highest BCUT2D eigenvalue weighted by molar-refractivity contribution is 5.25. The Labute approximate surface area is 128 Å². The van der Waals surface area contributed by atoms with Crippen molar-refractivity contribution in [2.24, 2.45) is 5.92 Å². The molecule has 2 saturated heterocycles. The lowest BCUT2D eigenvalue weighted by molar-refractivity contribution is 0.00516. The van der Waals surface area contributed by atoms with Crippen LogP contribution in [-0.2, 0) is 10.3 Å². The minimum absolute atomic E-state index is 0.103. The van der Waals surface area contributed by atoms with Crippen molar-refractivity contribution in [2.75, 3.05) is 32.8 Å². The van der Waals surface area contributed by atoms with E-state index in [2.05, 4.69) is 54.4 Å². The zero-order chi connectivity index (χ0) is 14.7. The Hall–Kier alpha value is -0.900. The van der Waals surface area contributed by atoms with Gasteiger partial charge < -0.3 is 10.1 Å². The molecule has 2 atom stereocenters. The minimum Gasteiger partial charge on any atom is -0.381 e. The number of hydrogen-bond donors (Lipinski definition) is 1. The number of rotatable bonds is 3. The van der Waals surface area contributed by atoms with Crippen molar-refractivity contribution in [2.45, 2.75) is 38.3 Å². The third-order valence-corrected chi connectivity index (χ3v) is 5.20. The summed E-state index contributed by atoms with van der Waals surface area (Å²) in [6.45, 7) is 9.91. The monoisotopic (exact) mass is 288 g/mol. The van der Waals surface area contributed by atoms with E-state index in [4.69, 9.17) is 4.74 Å². The average molecular weight is 288 g/mol. The van der Waals surface area contributed by atoms with Crippen LogP contribution in [0.4, 0.5) is 0 Å². The summed E-state index contributed by atoms with van der Waals surface area (Å²) in [4.78, 5) is 2.71. The highest BCUT2D eigenvalue weighted by Crippen LogP contribution is 2.32. The maximum absolute atomic E-state index is 5.52. The van der Waals surface area contributed by atoms with Gasteiger partial charge in [-0.15, -0.1) is 0 Å². The van der Waals surface area contributed by atoms with Gasteiger partial charge in [0.1, 0.15) is 0 Å². The summed E-state index contributed by atoms with van der Waals surface area (Å²) in [6, 6.07) is 11.5. The van der Waals surface area contributed by atoms with Crippen LogP contribution in [0.25, 0.3) is 0 Å². The zero-order valence-corrected chi connectivity index (χ0v) is 13.3. The topological polar surface area (TPSA) is 24.5 Å². The molecule has 21 heavy (non-hydrogen) atoms. The van der Waals surface area contributed by atoms with E-state index in [0.29, 0.717) is 6.04 Å². The summed E-state index contributed by atoms with van der Waals surface area (Å²) in [6.07, 6.45) is 2.42. The molecule has 0 spiro atoms. The normalized spacial score (nSPS) is 32.2. The predicted molar refractivity (Wildman–Crippen MR) is 86.4 cm³/mol. The Morgan fingerprint density at radius 3 is 2.67 bits per heavy atom. The summed E-state index contributed by atoms with van der Waals surface area (Å²) < 4.78 is 5.52. The number of hydrogen-bond acceptors (Lipinski definition) is 3. The van der Waals surface area contributed by atoms with Crippen molar-refractivity contribution >= 4 is 0 Å². The molecule has 2 aliphatic rings. The van der Waals surface area contributed by atoms with Gasteiger partial charge in [0.2, 0.25) is 0 Å². The van der Waals surface area contributed by atoms with E-state index in [9.17, 15) is 0 Å². The SMILES string of the molecule is CC1CN(CC2CCOCC2)C(C)(c2ccccc2)CN1. The maximum atomic E-state index is 5.52. The van der Waals surface area contributed by atoms with Crippen LogP contribution in [0.1, 0.15) is 32.3 Å². The van der Waals surface area contributed by atoms with Crippen molar-refractivity contribution < 1.29 is 4.74 Å². The number of ether oxygens (including phenoxy) is 1. The fourth-order valence-corrected chi connectivity index (χ4v) is 3.68. The molecule has 0 radical (unpaired) electrons. The fourth-order valence-electron chi connectivity index (χ4n) is 3.68.